The second-order valence-electron chi connectivity index (χ2n) is 3.43. The fourth-order valence-corrected chi connectivity index (χ4v) is 1.46. The fourth-order valence-electron chi connectivity index (χ4n) is 1.17. The molecule has 2 nitrogen and oxygen atoms in total. The molecule has 3 heteroatoms. The van der Waals surface area contributed by atoms with Crippen LogP contribution in [0.25, 0.3) is 0 Å². The van der Waals surface area contributed by atoms with Gasteiger partial charge in [-0.25, -0.2) is 0 Å². The third-order valence-electron chi connectivity index (χ3n) is 2.03. The van der Waals surface area contributed by atoms with Gasteiger partial charge in [-0.1, -0.05) is 48.5 Å². The molecule has 0 atom stereocenters. The summed E-state index contributed by atoms with van der Waals surface area (Å²) < 4.78 is 5.06. The van der Waals surface area contributed by atoms with Gasteiger partial charge in [-0.2, -0.15) is 0 Å². The van der Waals surface area contributed by atoms with Crippen LogP contribution in [0.4, 0.5) is 0 Å². The van der Waals surface area contributed by atoms with Gasteiger partial charge in [0.05, 0.1) is 6.61 Å². The van der Waals surface area contributed by atoms with E-state index in [1.165, 1.54) is 25.7 Å². The minimum absolute atomic E-state index is 0.0556. The molecule has 84 valence electrons. The van der Waals surface area contributed by atoms with Crippen LogP contribution >= 0.6 is 15.9 Å². The van der Waals surface area contributed by atoms with Crippen molar-refractivity contribution in [3.05, 3.63) is 0 Å². The van der Waals surface area contributed by atoms with Crippen molar-refractivity contribution in [2.75, 3.05) is 11.9 Å². The van der Waals surface area contributed by atoms with Crippen molar-refractivity contribution < 1.29 is 9.53 Å². The molecule has 0 unspecified atom stereocenters. The predicted molar refractivity (Wildman–Crippen MR) is 62.7 cm³/mol. The SMILES string of the molecule is CCCCCCCOC(=O)CCCBr. The zero-order chi connectivity index (χ0) is 10.6. The van der Waals surface area contributed by atoms with Crippen LogP contribution in [0.2, 0.25) is 0 Å². The molecule has 0 aromatic rings. The Morgan fingerprint density at radius 1 is 1.14 bits per heavy atom. The van der Waals surface area contributed by atoms with E-state index in [0.717, 1.165) is 18.2 Å². The molecule has 0 aromatic heterocycles. The Hall–Kier alpha value is -0.0500. The molecule has 0 amide bonds. The van der Waals surface area contributed by atoms with Gasteiger partial charge < -0.3 is 4.74 Å². The first kappa shape index (κ1) is 13.9. The minimum Gasteiger partial charge on any atom is -0.466 e. The smallest absolute Gasteiger partial charge is 0.305 e. The van der Waals surface area contributed by atoms with Crippen molar-refractivity contribution in [1.82, 2.24) is 0 Å². The molecule has 0 bridgehead atoms. The molecule has 0 aliphatic carbocycles. The zero-order valence-electron chi connectivity index (χ0n) is 9.06. The number of halogens is 1. The van der Waals surface area contributed by atoms with Gasteiger partial charge >= 0.3 is 5.97 Å². The molecule has 0 N–H and O–H groups in total. The van der Waals surface area contributed by atoms with Crippen LogP contribution in [0.5, 0.6) is 0 Å². The summed E-state index contributed by atoms with van der Waals surface area (Å²) in [5.41, 5.74) is 0. The lowest BCUT2D eigenvalue weighted by molar-refractivity contribution is -0.143. The number of carbonyl (C=O) groups excluding carboxylic acids is 1. The summed E-state index contributed by atoms with van der Waals surface area (Å²) in [5, 5.41) is 0.874. The highest BCUT2D eigenvalue weighted by atomic mass is 79.9. The summed E-state index contributed by atoms with van der Waals surface area (Å²) in [4.78, 5) is 11.0. The molecule has 0 spiro atoms. The fraction of sp³-hybridized carbons (Fsp3) is 0.909. The number of unbranched alkanes of at least 4 members (excludes halogenated alkanes) is 4. The van der Waals surface area contributed by atoms with Crippen LogP contribution in [-0.2, 0) is 9.53 Å². The van der Waals surface area contributed by atoms with Crippen LogP contribution in [0.3, 0.4) is 0 Å². The first-order valence-electron chi connectivity index (χ1n) is 5.52. The number of alkyl halides is 1. The predicted octanol–water partition coefficient (Wildman–Crippen LogP) is 3.68. The topological polar surface area (TPSA) is 26.3 Å². The lowest BCUT2D eigenvalue weighted by Gasteiger charge is -2.03. The van der Waals surface area contributed by atoms with Crippen molar-refractivity contribution in [3.8, 4) is 0 Å². The van der Waals surface area contributed by atoms with Gasteiger partial charge in [0.1, 0.15) is 0 Å². The van der Waals surface area contributed by atoms with E-state index in [-0.39, 0.29) is 5.97 Å². The van der Waals surface area contributed by atoms with Crippen molar-refractivity contribution in [2.24, 2.45) is 0 Å². The molecule has 0 saturated heterocycles. The average molecular weight is 265 g/mol. The Kier molecular flexibility index (Phi) is 11.0. The highest BCUT2D eigenvalue weighted by Crippen LogP contribution is 2.03. The second kappa shape index (κ2) is 11.0. The van der Waals surface area contributed by atoms with Crippen LogP contribution in [0.1, 0.15) is 51.9 Å². The minimum atomic E-state index is -0.0556. The van der Waals surface area contributed by atoms with Gasteiger partial charge in [-0.05, 0) is 12.8 Å². The van der Waals surface area contributed by atoms with E-state index in [1.54, 1.807) is 0 Å². The Morgan fingerprint density at radius 2 is 1.86 bits per heavy atom. The van der Waals surface area contributed by atoms with E-state index in [2.05, 4.69) is 22.9 Å². The summed E-state index contributed by atoms with van der Waals surface area (Å²) in [5.74, 6) is -0.0556. The summed E-state index contributed by atoms with van der Waals surface area (Å²) in [6.07, 6.45) is 7.41. The summed E-state index contributed by atoms with van der Waals surface area (Å²) in [7, 11) is 0. The van der Waals surface area contributed by atoms with Gasteiger partial charge in [0.2, 0.25) is 0 Å². The standard InChI is InChI=1S/C11H21BrO2/c1-2-3-4-5-6-10-14-11(13)8-7-9-12/h2-10H2,1H3. The highest BCUT2D eigenvalue weighted by Gasteiger charge is 2.00. The number of hydrogen-bond acceptors (Lipinski definition) is 2. The molecule has 0 fully saturated rings. The molecular formula is C11H21BrO2. The normalized spacial score (nSPS) is 10.1. The maximum Gasteiger partial charge on any atom is 0.305 e. The van der Waals surface area contributed by atoms with Crippen molar-refractivity contribution in [1.29, 1.82) is 0 Å². The number of rotatable bonds is 9. The van der Waals surface area contributed by atoms with E-state index in [1.807, 2.05) is 0 Å². The third kappa shape index (κ3) is 10.0. The Labute approximate surface area is 95.5 Å². The molecule has 0 aliphatic rings. The number of esters is 1. The van der Waals surface area contributed by atoms with Crippen molar-refractivity contribution in [3.63, 3.8) is 0 Å². The van der Waals surface area contributed by atoms with E-state index in [9.17, 15) is 4.79 Å². The van der Waals surface area contributed by atoms with Gasteiger partial charge in [-0.3, -0.25) is 4.79 Å². The Bertz CT molecular complexity index is 137. The molecule has 0 saturated carbocycles. The monoisotopic (exact) mass is 264 g/mol. The van der Waals surface area contributed by atoms with E-state index in [4.69, 9.17) is 4.74 Å². The Balaban J connectivity index is 3.07. The van der Waals surface area contributed by atoms with E-state index in [0.29, 0.717) is 13.0 Å². The maximum absolute atomic E-state index is 11.0. The van der Waals surface area contributed by atoms with Crippen LogP contribution in [-0.4, -0.2) is 17.9 Å². The number of hydrogen-bond donors (Lipinski definition) is 0. The lowest BCUT2D eigenvalue weighted by atomic mass is 10.2. The molecule has 0 heterocycles. The van der Waals surface area contributed by atoms with Gasteiger partial charge in [0.15, 0.2) is 0 Å². The summed E-state index contributed by atoms with van der Waals surface area (Å²) in [6.45, 7) is 2.80. The van der Waals surface area contributed by atoms with Gasteiger partial charge in [-0.15, -0.1) is 0 Å². The number of carbonyl (C=O) groups is 1. The quantitative estimate of drug-likeness (QED) is 0.361. The van der Waals surface area contributed by atoms with Crippen LogP contribution in [0.15, 0.2) is 0 Å². The van der Waals surface area contributed by atoms with E-state index >= 15 is 0 Å². The van der Waals surface area contributed by atoms with Crippen LogP contribution in [0, 0.1) is 0 Å². The Morgan fingerprint density at radius 3 is 2.50 bits per heavy atom. The molecule has 0 rings (SSSR count). The molecule has 0 aliphatic heterocycles. The zero-order valence-corrected chi connectivity index (χ0v) is 10.6. The van der Waals surface area contributed by atoms with Crippen molar-refractivity contribution in [2.45, 2.75) is 51.9 Å². The highest BCUT2D eigenvalue weighted by molar-refractivity contribution is 9.09. The first-order valence-corrected chi connectivity index (χ1v) is 6.65. The second-order valence-corrected chi connectivity index (χ2v) is 4.22. The third-order valence-corrected chi connectivity index (χ3v) is 2.59. The largest absolute Gasteiger partial charge is 0.466 e. The number of ether oxygens (including phenoxy) is 1. The molecule has 0 radical (unpaired) electrons. The summed E-state index contributed by atoms with van der Waals surface area (Å²) in [6, 6.07) is 0. The van der Waals surface area contributed by atoms with E-state index < -0.39 is 0 Å². The molecule has 0 aromatic carbocycles. The van der Waals surface area contributed by atoms with Crippen molar-refractivity contribution >= 4 is 21.9 Å². The summed E-state index contributed by atoms with van der Waals surface area (Å²) >= 11 is 3.28. The van der Waals surface area contributed by atoms with Gasteiger partial charge in [0.25, 0.3) is 0 Å². The average Bonchev–Trinajstić information content (AvgIpc) is 2.20. The first-order chi connectivity index (χ1) is 6.81. The maximum atomic E-state index is 11.0. The molecule has 14 heavy (non-hydrogen) atoms. The van der Waals surface area contributed by atoms with Gasteiger partial charge in [0, 0.05) is 11.8 Å². The van der Waals surface area contributed by atoms with Crippen LogP contribution < -0.4 is 0 Å². The molecular weight excluding hydrogens is 244 g/mol. The lowest BCUT2D eigenvalue weighted by Crippen LogP contribution is -2.05.